The number of ketones is 1. The maximum Gasteiger partial charge on any atom is 0.338 e. The Balaban J connectivity index is 1.53. The highest BCUT2D eigenvalue weighted by atomic mass is 32.2. The van der Waals surface area contributed by atoms with Crippen molar-refractivity contribution in [2.24, 2.45) is 22.7 Å². The number of ether oxygens (including phenoxy) is 5. The van der Waals surface area contributed by atoms with Gasteiger partial charge in [0.1, 0.15) is 36.2 Å². The zero-order chi connectivity index (χ0) is 44.3. The molecular weight excluding hydrogens is 803 g/mol. The predicted molar refractivity (Wildman–Crippen MR) is 212 cm³/mol. The van der Waals surface area contributed by atoms with Gasteiger partial charge >= 0.3 is 23.9 Å². The summed E-state index contributed by atoms with van der Waals surface area (Å²) in [6.45, 7) is 13.6. The quantitative estimate of drug-likeness (QED) is 0.159. The molecule has 2 heterocycles. The number of nitrogens with one attached hydrogen (secondary N) is 1. The molecule has 0 radical (unpaired) electrons. The first-order valence-electron chi connectivity index (χ1n) is 19.7. The van der Waals surface area contributed by atoms with Crippen molar-refractivity contribution in [3.8, 4) is 0 Å². The maximum atomic E-state index is 15.4. The van der Waals surface area contributed by atoms with Gasteiger partial charge in [0, 0.05) is 30.9 Å². The van der Waals surface area contributed by atoms with E-state index in [0.717, 1.165) is 25.6 Å². The number of amides is 1. The predicted octanol–water partition coefficient (Wildman–Crippen LogP) is 4.00. The largest absolute Gasteiger partial charge is 0.467 e. The standard InChI is InChI=1S/C43H53NO15S/c1-20-27-34(56-21(2)45)36(50)42(9)25(47)18-26-43(19-55-26,59-22(3)46)35(42)33(58-37(51)23-14-11-10-12-15-23)28(41(27,7)8)30(48)32(20)57-38(52)31(49)29(24-16-13-17-54-24)44-39(53)60-40(4,5)6/h10-17,25-26,28-35,47-49H,18-19H2,1-9H3,(H,44,53)/t25-,26+,28?,29-,30+,31+,32+,33+,34+,35?,42+,43-/m0/s1. The SMILES string of the molecule is CC(=O)O[C@H]1C(=O)[C@@]2(C)C([C@H](OC(=O)c3ccccc3)C3[C@@H](O)[C@H](OC(=O)[C@H](O)[C@@H](NC(=O)SC(C)(C)C)c4ccco4)C(C)=C1C3(C)C)[C@]1(OC(C)=O)CO[C@@H]1C[C@@H]2O. The highest BCUT2D eigenvalue weighted by Gasteiger charge is 2.76. The Morgan fingerprint density at radius 2 is 1.62 bits per heavy atom. The van der Waals surface area contributed by atoms with Crippen LogP contribution in [0.1, 0.15) is 90.9 Å². The fraction of sp³-hybridized carbons (Fsp3) is 0.581. The fourth-order valence-corrected chi connectivity index (χ4v) is 10.6. The second-order valence-electron chi connectivity index (χ2n) is 17.7. The first-order valence-corrected chi connectivity index (χ1v) is 20.5. The van der Waals surface area contributed by atoms with Gasteiger partial charge in [-0.15, -0.1) is 0 Å². The van der Waals surface area contributed by atoms with Gasteiger partial charge in [-0.3, -0.25) is 19.2 Å². The topological polar surface area (TPSA) is 234 Å². The van der Waals surface area contributed by atoms with Crippen molar-refractivity contribution in [3.05, 3.63) is 71.2 Å². The average molecular weight is 856 g/mol. The molecule has 17 heteroatoms. The normalized spacial score (nSPS) is 33.0. The van der Waals surface area contributed by atoms with Gasteiger partial charge in [-0.05, 0) is 54.7 Å². The number of carbonyl (C=O) groups excluding carboxylic acids is 6. The molecule has 2 unspecified atom stereocenters. The molecule has 0 spiro atoms. The van der Waals surface area contributed by atoms with Crippen LogP contribution < -0.4 is 5.32 Å². The van der Waals surface area contributed by atoms with Gasteiger partial charge in [0.25, 0.3) is 5.24 Å². The lowest BCUT2D eigenvalue weighted by Crippen LogP contribution is -2.80. The Morgan fingerprint density at radius 1 is 0.950 bits per heavy atom. The van der Waals surface area contributed by atoms with Crippen LogP contribution in [-0.2, 0) is 42.9 Å². The third-order valence-electron chi connectivity index (χ3n) is 12.3. The smallest absolute Gasteiger partial charge is 0.338 e. The number of furan rings is 1. The number of thioether (sulfide) groups is 1. The van der Waals surface area contributed by atoms with E-state index in [1.165, 1.54) is 44.4 Å². The van der Waals surface area contributed by atoms with Gasteiger partial charge in [-0.25, -0.2) is 9.59 Å². The van der Waals surface area contributed by atoms with Crippen LogP contribution in [0.25, 0.3) is 0 Å². The monoisotopic (exact) mass is 855 g/mol. The summed E-state index contributed by atoms with van der Waals surface area (Å²) in [5.74, 6) is -7.46. The van der Waals surface area contributed by atoms with Crippen molar-refractivity contribution in [2.75, 3.05) is 6.61 Å². The van der Waals surface area contributed by atoms with Gasteiger partial charge in [0.2, 0.25) is 0 Å². The lowest BCUT2D eigenvalue weighted by molar-refractivity contribution is -0.337. The molecule has 4 N–H and O–H groups in total. The number of esters is 4. The van der Waals surface area contributed by atoms with E-state index >= 15 is 4.79 Å². The number of fused-ring (bicyclic) bond motifs is 5. The van der Waals surface area contributed by atoms with Crippen molar-refractivity contribution in [2.45, 2.75) is 128 Å². The molecule has 1 aromatic heterocycles. The van der Waals surface area contributed by atoms with Crippen molar-refractivity contribution < 1.29 is 72.2 Å². The number of hydrogen-bond acceptors (Lipinski definition) is 16. The molecule has 2 saturated carbocycles. The Bertz CT molecular complexity index is 2040. The molecule has 2 bridgehead atoms. The number of rotatable bonds is 9. The van der Waals surface area contributed by atoms with Crippen LogP contribution in [0, 0.1) is 22.7 Å². The number of Topliss-reactive ketones (excluding diaryl/α,β-unsaturated/α-hetero) is 1. The molecule has 1 aromatic carbocycles. The average Bonchev–Trinajstić information content (AvgIpc) is 3.69. The fourth-order valence-electron chi connectivity index (χ4n) is 9.81. The summed E-state index contributed by atoms with van der Waals surface area (Å²) < 4.78 is 35.1. The van der Waals surface area contributed by atoms with Crippen LogP contribution in [0.5, 0.6) is 0 Å². The van der Waals surface area contributed by atoms with E-state index in [1.807, 2.05) is 0 Å². The number of benzene rings is 1. The van der Waals surface area contributed by atoms with E-state index in [9.17, 15) is 39.3 Å². The van der Waals surface area contributed by atoms with E-state index in [0.29, 0.717) is 0 Å². The Hall–Kier alpha value is -4.55. The molecule has 6 rings (SSSR count). The number of carbonyl (C=O) groups is 6. The van der Waals surface area contributed by atoms with Crippen LogP contribution in [0.4, 0.5) is 4.79 Å². The highest BCUT2D eigenvalue weighted by Crippen LogP contribution is 2.63. The van der Waals surface area contributed by atoms with Crippen molar-refractivity contribution in [3.63, 3.8) is 0 Å². The summed E-state index contributed by atoms with van der Waals surface area (Å²) in [5, 5.41) is 38.3. The summed E-state index contributed by atoms with van der Waals surface area (Å²) in [6, 6.07) is 9.39. The maximum absolute atomic E-state index is 15.4. The summed E-state index contributed by atoms with van der Waals surface area (Å²) in [4.78, 5) is 82.7. The summed E-state index contributed by atoms with van der Waals surface area (Å²) >= 11 is 0.914. The van der Waals surface area contributed by atoms with Crippen LogP contribution in [-0.4, -0.2) is 110 Å². The third kappa shape index (κ3) is 7.90. The molecule has 2 aromatic rings. The highest BCUT2D eigenvalue weighted by molar-refractivity contribution is 8.14. The van der Waals surface area contributed by atoms with Gasteiger partial charge < -0.3 is 48.7 Å². The molecule has 3 aliphatic carbocycles. The molecule has 60 heavy (non-hydrogen) atoms. The first-order chi connectivity index (χ1) is 27.9. The molecule has 1 aliphatic heterocycles. The van der Waals surface area contributed by atoms with Gasteiger partial charge in [0.15, 0.2) is 23.6 Å². The third-order valence-corrected chi connectivity index (χ3v) is 13.2. The minimum atomic E-state index is -2.11. The molecule has 1 saturated heterocycles. The molecule has 12 atom stereocenters. The Labute approximate surface area is 351 Å². The van der Waals surface area contributed by atoms with Gasteiger partial charge in [0.05, 0.1) is 35.9 Å². The molecule has 3 fully saturated rings. The van der Waals surface area contributed by atoms with Crippen molar-refractivity contribution in [1.82, 2.24) is 5.32 Å². The Morgan fingerprint density at radius 3 is 2.17 bits per heavy atom. The first kappa shape index (κ1) is 45.0. The number of hydrogen-bond donors (Lipinski definition) is 4. The number of aliphatic hydroxyl groups is 3. The van der Waals surface area contributed by atoms with Crippen LogP contribution in [0.2, 0.25) is 0 Å². The molecular formula is C43H53NO15S. The van der Waals surface area contributed by atoms with E-state index in [-0.39, 0.29) is 35.5 Å². The second kappa shape index (κ2) is 16.4. The van der Waals surface area contributed by atoms with E-state index < -0.39 is 117 Å². The lowest BCUT2D eigenvalue weighted by atomic mass is 9.45. The van der Waals surface area contributed by atoms with E-state index in [2.05, 4.69) is 5.32 Å². The van der Waals surface area contributed by atoms with Crippen molar-refractivity contribution in [1.29, 1.82) is 0 Å². The van der Waals surface area contributed by atoms with Gasteiger partial charge in [-0.2, -0.15) is 0 Å². The van der Waals surface area contributed by atoms with Crippen LogP contribution in [0.3, 0.4) is 0 Å². The lowest BCUT2D eigenvalue weighted by Gasteiger charge is -2.66. The summed E-state index contributed by atoms with van der Waals surface area (Å²) in [5.41, 5.74) is -4.88. The molecule has 1 amide bonds. The minimum Gasteiger partial charge on any atom is -0.467 e. The second-order valence-corrected chi connectivity index (χ2v) is 19.5. The van der Waals surface area contributed by atoms with Crippen molar-refractivity contribution >= 4 is 46.7 Å². The zero-order valence-corrected chi connectivity index (χ0v) is 35.8. The zero-order valence-electron chi connectivity index (χ0n) is 35.0. The van der Waals surface area contributed by atoms with E-state index in [1.54, 1.807) is 52.8 Å². The van der Waals surface area contributed by atoms with Crippen LogP contribution >= 0.6 is 11.8 Å². The molecule has 16 nitrogen and oxygen atoms in total. The molecule has 326 valence electrons. The van der Waals surface area contributed by atoms with E-state index in [4.69, 9.17) is 28.1 Å². The summed E-state index contributed by atoms with van der Waals surface area (Å²) in [7, 11) is 0. The van der Waals surface area contributed by atoms with Crippen LogP contribution in [0.15, 0.2) is 64.3 Å². The number of aliphatic hydroxyl groups excluding tert-OH is 3. The minimum absolute atomic E-state index is 0.0180. The Kier molecular flexibility index (Phi) is 12.3. The molecule has 4 aliphatic rings. The van der Waals surface area contributed by atoms with Gasteiger partial charge in [-0.1, -0.05) is 64.6 Å². The summed E-state index contributed by atoms with van der Waals surface area (Å²) in [6.07, 6.45) is -10.4.